The number of rotatable bonds is 0. The summed E-state index contributed by atoms with van der Waals surface area (Å²) in [6.07, 6.45) is 0. The molecule has 0 saturated heterocycles. The highest BCUT2D eigenvalue weighted by atomic mass is 79.9. The quantitative estimate of drug-likeness (QED) is 0.705. The van der Waals surface area contributed by atoms with Crippen LogP contribution in [0.4, 0.5) is 0 Å². The second-order valence-electron chi connectivity index (χ2n) is 2.50. The van der Waals surface area contributed by atoms with Crippen molar-refractivity contribution in [3.05, 3.63) is 32.6 Å². The largest absolute Gasteiger partial charge is 0.192 e. The van der Waals surface area contributed by atoms with Gasteiger partial charge in [0.2, 0.25) is 0 Å². The molecule has 0 aliphatic rings. The van der Waals surface area contributed by atoms with E-state index in [9.17, 15) is 0 Å². The number of nitrogens with zero attached hydrogens (tertiary/aromatic N) is 1. The minimum absolute atomic E-state index is 0.511. The third-order valence-corrected chi connectivity index (χ3v) is 3.81. The van der Waals surface area contributed by atoms with Crippen molar-refractivity contribution in [1.29, 1.82) is 5.26 Å². The van der Waals surface area contributed by atoms with Crippen LogP contribution in [0.1, 0.15) is 5.56 Å². The van der Waals surface area contributed by atoms with Crippen LogP contribution in [0.25, 0.3) is 10.1 Å². The normalized spacial score (nSPS) is 10.2. The van der Waals surface area contributed by atoms with E-state index in [4.69, 9.17) is 16.9 Å². The molecule has 0 bridgehead atoms. The lowest BCUT2D eigenvalue weighted by Gasteiger charge is -1.99. The van der Waals surface area contributed by atoms with E-state index in [1.807, 2.05) is 17.5 Å². The highest BCUT2D eigenvalue weighted by Crippen LogP contribution is 2.35. The monoisotopic (exact) mass is 271 g/mol. The van der Waals surface area contributed by atoms with Gasteiger partial charge in [-0.2, -0.15) is 5.26 Å². The smallest absolute Gasteiger partial charge is 0.102 e. The summed E-state index contributed by atoms with van der Waals surface area (Å²) in [7, 11) is 0. The number of hydrogen-bond donors (Lipinski definition) is 0. The Labute approximate surface area is 92.7 Å². The maximum atomic E-state index is 8.84. The van der Waals surface area contributed by atoms with Crippen molar-refractivity contribution in [2.45, 2.75) is 0 Å². The summed E-state index contributed by atoms with van der Waals surface area (Å²) in [5.74, 6) is 0. The minimum Gasteiger partial charge on any atom is -0.192 e. The van der Waals surface area contributed by atoms with Gasteiger partial charge in [0.05, 0.1) is 15.3 Å². The van der Waals surface area contributed by atoms with E-state index in [0.717, 1.165) is 14.6 Å². The molecule has 0 N–H and O–H groups in total. The van der Waals surface area contributed by atoms with E-state index in [1.165, 1.54) is 0 Å². The zero-order valence-electron chi connectivity index (χ0n) is 6.34. The summed E-state index contributed by atoms with van der Waals surface area (Å²) in [6, 6.07) is 5.97. The van der Waals surface area contributed by atoms with Gasteiger partial charge >= 0.3 is 0 Å². The van der Waals surface area contributed by atoms with Gasteiger partial charge in [0.1, 0.15) is 6.07 Å². The highest BCUT2D eigenvalue weighted by molar-refractivity contribution is 9.10. The zero-order valence-corrected chi connectivity index (χ0v) is 9.50. The number of hydrogen-bond acceptors (Lipinski definition) is 2. The maximum absolute atomic E-state index is 8.84. The van der Waals surface area contributed by atoms with Crippen molar-refractivity contribution < 1.29 is 0 Å². The molecule has 1 aromatic heterocycles. The molecule has 0 radical (unpaired) electrons. The fraction of sp³-hybridized carbons (Fsp3) is 0. The fourth-order valence-corrected chi connectivity index (χ4v) is 2.99. The summed E-state index contributed by atoms with van der Waals surface area (Å²) >= 11 is 10.9. The first kappa shape index (κ1) is 9.01. The third-order valence-electron chi connectivity index (χ3n) is 1.75. The molecular formula is C9H3BrClNS. The van der Waals surface area contributed by atoms with Crippen molar-refractivity contribution in [2.24, 2.45) is 0 Å². The lowest BCUT2D eigenvalue weighted by Crippen LogP contribution is -1.79. The molecule has 1 heterocycles. The number of halogens is 2. The lowest BCUT2D eigenvalue weighted by molar-refractivity contribution is 1.48. The van der Waals surface area contributed by atoms with Gasteiger partial charge in [-0.1, -0.05) is 11.6 Å². The molecule has 2 rings (SSSR count). The van der Waals surface area contributed by atoms with E-state index in [-0.39, 0.29) is 0 Å². The Morgan fingerprint density at radius 2 is 2.31 bits per heavy atom. The average Bonchev–Trinajstić information content (AvgIpc) is 2.53. The Balaban J connectivity index is 2.95. The van der Waals surface area contributed by atoms with Gasteiger partial charge < -0.3 is 0 Å². The van der Waals surface area contributed by atoms with Gasteiger partial charge in [-0.3, -0.25) is 0 Å². The highest BCUT2D eigenvalue weighted by Gasteiger charge is 2.10. The fourth-order valence-electron chi connectivity index (χ4n) is 1.14. The summed E-state index contributed by atoms with van der Waals surface area (Å²) in [6.45, 7) is 0. The van der Waals surface area contributed by atoms with E-state index < -0.39 is 0 Å². The molecule has 2 aromatic rings. The minimum atomic E-state index is 0.511. The Morgan fingerprint density at radius 1 is 1.54 bits per heavy atom. The first-order chi connectivity index (χ1) is 6.24. The summed E-state index contributed by atoms with van der Waals surface area (Å²) in [4.78, 5) is 0. The van der Waals surface area contributed by atoms with Crippen LogP contribution in [0, 0.1) is 11.3 Å². The maximum Gasteiger partial charge on any atom is 0.102 e. The summed E-state index contributed by atoms with van der Waals surface area (Å²) < 4.78 is 1.73. The topological polar surface area (TPSA) is 23.8 Å². The van der Waals surface area contributed by atoms with E-state index >= 15 is 0 Å². The Bertz CT molecular complexity index is 512. The van der Waals surface area contributed by atoms with Crippen LogP contribution >= 0.6 is 38.9 Å². The van der Waals surface area contributed by atoms with Crippen LogP contribution in [0.5, 0.6) is 0 Å². The van der Waals surface area contributed by atoms with Gasteiger partial charge in [0.15, 0.2) is 0 Å². The zero-order chi connectivity index (χ0) is 9.42. The molecule has 0 fully saturated rings. The van der Waals surface area contributed by atoms with E-state index in [1.54, 1.807) is 11.3 Å². The molecular weight excluding hydrogens is 270 g/mol. The molecule has 0 aliphatic heterocycles. The van der Waals surface area contributed by atoms with Crippen LogP contribution in [0.2, 0.25) is 5.02 Å². The van der Waals surface area contributed by atoms with Gasteiger partial charge in [-0.05, 0) is 38.8 Å². The van der Waals surface area contributed by atoms with Crippen molar-refractivity contribution in [3.63, 3.8) is 0 Å². The second-order valence-corrected chi connectivity index (χ2v) is 4.65. The number of thiophene rings is 1. The average molecular weight is 273 g/mol. The predicted molar refractivity (Wildman–Crippen MR) is 59.3 cm³/mol. The molecule has 64 valence electrons. The Hall–Kier alpha value is -0.560. The molecule has 0 atom stereocenters. The molecule has 4 heteroatoms. The van der Waals surface area contributed by atoms with E-state index in [0.29, 0.717) is 10.6 Å². The van der Waals surface area contributed by atoms with Crippen LogP contribution in [-0.4, -0.2) is 0 Å². The first-order valence-corrected chi connectivity index (χ1v) is 5.54. The van der Waals surface area contributed by atoms with Crippen molar-refractivity contribution in [1.82, 2.24) is 0 Å². The van der Waals surface area contributed by atoms with E-state index in [2.05, 4.69) is 22.0 Å². The molecule has 0 spiro atoms. The van der Waals surface area contributed by atoms with Crippen molar-refractivity contribution in [3.8, 4) is 6.07 Å². The summed E-state index contributed by atoms with van der Waals surface area (Å²) in [5, 5.41) is 12.4. The molecule has 0 aliphatic carbocycles. The molecule has 0 unspecified atom stereocenters. The van der Waals surface area contributed by atoms with Gasteiger partial charge in [0.25, 0.3) is 0 Å². The molecule has 0 saturated carbocycles. The van der Waals surface area contributed by atoms with Crippen LogP contribution in [0.3, 0.4) is 0 Å². The standard InChI is InChI=1S/C9H3BrClNS/c10-7-3-5-1-2-13-9(5)8(11)6(7)4-12/h1-3H. The van der Waals surface area contributed by atoms with Gasteiger partial charge in [-0.15, -0.1) is 11.3 Å². The number of benzene rings is 1. The molecule has 1 nitrogen and oxygen atoms in total. The first-order valence-electron chi connectivity index (χ1n) is 3.49. The van der Waals surface area contributed by atoms with Crippen molar-refractivity contribution >= 4 is 49.0 Å². The van der Waals surface area contributed by atoms with Crippen molar-refractivity contribution in [2.75, 3.05) is 0 Å². The predicted octanol–water partition coefficient (Wildman–Crippen LogP) is 4.19. The number of nitriles is 1. The Kier molecular flexibility index (Phi) is 2.29. The molecule has 0 amide bonds. The van der Waals surface area contributed by atoms with Gasteiger partial charge in [-0.25, -0.2) is 0 Å². The molecule has 1 aromatic carbocycles. The second kappa shape index (κ2) is 3.30. The lowest BCUT2D eigenvalue weighted by atomic mass is 10.2. The summed E-state index contributed by atoms with van der Waals surface area (Å²) in [5.41, 5.74) is 0.511. The Morgan fingerprint density at radius 3 is 3.00 bits per heavy atom. The third kappa shape index (κ3) is 1.35. The van der Waals surface area contributed by atoms with Crippen LogP contribution in [-0.2, 0) is 0 Å². The van der Waals surface area contributed by atoms with Crippen LogP contribution < -0.4 is 0 Å². The molecule has 13 heavy (non-hydrogen) atoms. The van der Waals surface area contributed by atoms with Crippen LogP contribution in [0.15, 0.2) is 22.0 Å². The number of fused-ring (bicyclic) bond motifs is 1. The van der Waals surface area contributed by atoms with Gasteiger partial charge in [0, 0.05) is 4.47 Å². The SMILES string of the molecule is N#Cc1c(Br)cc2ccsc2c1Cl.